The Morgan fingerprint density at radius 2 is 2.08 bits per heavy atom. The van der Waals surface area contributed by atoms with E-state index in [1.807, 2.05) is 37.3 Å². The molecule has 2 N–H and O–H groups in total. The van der Waals surface area contributed by atoms with Gasteiger partial charge in [-0.25, -0.2) is 4.98 Å². The zero-order valence-corrected chi connectivity index (χ0v) is 15.0. The van der Waals surface area contributed by atoms with Crippen LogP contribution in [0.3, 0.4) is 0 Å². The number of thioether (sulfide) groups is 1. The van der Waals surface area contributed by atoms with Crippen LogP contribution >= 0.6 is 23.1 Å². The molecule has 0 aliphatic heterocycles. The lowest BCUT2D eigenvalue weighted by atomic mass is 10.2. The van der Waals surface area contributed by atoms with Crippen LogP contribution in [0.5, 0.6) is 0 Å². The smallest absolute Gasteiger partial charge is 0.251 e. The maximum atomic E-state index is 12.1. The van der Waals surface area contributed by atoms with E-state index in [1.165, 1.54) is 29.2 Å². The average Bonchev–Trinajstić information content (AvgIpc) is 2.98. The SMILES string of the molecule is Cc1nnc(NC(=O)Cc2cc(=O)[nH]c(SCc3ccccc3)n2)s1. The second kappa shape index (κ2) is 8.04. The number of carbonyl (C=O) groups excluding carboxylic acids is 1. The summed E-state index contributed by atoms with van der Waals surface area (Å²) in [4.78, 5) is 30.9. The van der Waals surface area contributed by atoms with Crippen molar-refractivity contribution < 1.29 is 4.79 Å². The van der Waals surface area contributed by atoms with E-state index in [-0.39, 0.29) is 17.9 Å². The molecule has 1 aromatic carbocycles. The predicted octanol–water partition coefficient (Wildman–Crippen LogP) is 2.40. The molecule has 0 radical (unpaired) electrons. The Balaban J connectivity index is 1.64. The van der Waals surface area contributed by atoms with E-state index in [1.54, 1.807) is 0 Å². The number of aryl methyl sites for hydroxylation is 1. The van der Waals surface area contributed by atoms with Gasteiger partial charge in [-0.05, 0) is 12.5 Å². The van der Waals surface area contributed by atoms with Crippen molar-refractivity contribution in [2.75, 3.05) is 5.32 Å². The molecule has 0 bridgehead atoms. The van der Waals surface area contributed by atoms with Crippen molar-refractivity contribution in [2.24, 2.45) is 0 Å². The third kappa shape index (κ3) is 5.23. The molecule has 3 rings (SSSR count). The maximum absolute atomic E-state index is 12.1. The minimum absolute atomic E-state index is 0.00143. The summed E-state index contributed by atoms with van der Waals surface area (Å²) in [5, 5.41) is 12.0. The summed E-state index contributed by atoms with van der Waals surface area (Å²) in [6, 6.07) is 11.2. The molecule has 2 heterocycles. The average molecular weight is 373 g/mol. The third-order valence-corrected chi connectivity index (χ3v) is 4.80. The van der Waals surface area contributed by atoms with Crippen molar-refractivity contribution in [2.45, 2.75) is 24.3 Å². The van der Waals surface area contributed by atoms with Gasteiger partial charge in [-0.15, -0.1) is 10.2 Å². The molecule has 25 heavy (non-hydrogen) atoms. The molecular weight excluding hydrogens is 358 g/mol. The van der Waals surface area contributed by atoms with Crippen molar-refractivity contribution >= 4 is 34.1 Å². The molecule has 0 spiro atoms. The van der Waals surface area contributed by atoms with Gasteiger partial charge in [0.05, 0.1) is 12.1 Å². The highest BCUT2D eigenvalue weighted by Crippen LogP contribution is 2.18. The first-order valence-electron chi connectivity index (χ1n) is 7.45. The van der Waals surface area contributed by atoms with Gasteiger partial charge < -0.3 is 10.3 Å². The van der Waals surface area contributed by atoms with Crippen molar-refractivity contribution in [1.29, 1.82) is 0 Å². The molecule has 0 aliphatic rings. The molecule has 0 unspecified atom stereocenters. The van der Waals surface area contributed by atoms with Crippen molar-refractivity contribution in [3.8, 4) is 0 Å². The molecule has 0 aliphatic carbocycles. The van der Waals surface area contributed by atoms with E-state index in [0.717, 1.165) is 10.6 Å². The topological polar surface area (TPSA) is 101 Å². The Morgan fingerprint density at radius 3 is 2.80 bits per heavy atom. The van der Waals surface area contributed by atoms with Crippen LogP contribution in [0, 0.1) is 6.92 Å². The van der Waals surface area contributed by atoms with Gasteiger partial charge in [0.2, 0.25) is 11.0 Å². The van der Waals surface area contributed by atoms with Crippen molar-refractivity contribution in [1.82, 2.24) is 20.2 Å². The van der Waals surface area contributed by atoms with E-state index in [2.05, 4.69) is 25.5 Å². The minimum Gasteiger partial charge on any atom is -0.301 e. The number of nitrogens with one attached hydrogen (secondary N) is 2. The number of H-pyrrole nitrogens is 1. The quantitative estimate of drug-likeness (QED) is 0.508. The van der Waals surface area contributed by atoms with Gasteiger partial charge in [0.15, 0.2) is 5.16 Å². The number of aromatic amines is 1. The van der Waals surface area contributed by atoms with Gasteiger partial charge in [-0.3, -0.25) is 9.59 Å². The van der Waals surface area contributed by atoms with E-state index in [9.17, 15) is 9.59 Å². The summed E-state index contributed by atoms with van der Waals surface area (Å²) < 4.78 is 0. The molecule has 7 nitrogen and oxygen atoms in total. The van der Waals surface area contributed by atoms with Gasteiger partial charge in [0, 0.05) is 11.8 Å². The predicted molar refractivity (Wildman–Crippen MR) is 97.8 cm³/mol. The van der Waals surface area contributed by atoms with Crippen LogP contribution in [0.15, 0.2) is 46.3 Å². The summed E-state index contributed by atoms with van der Waals surface area (Å²) in [6.45, 7) is 1.81. The Morgan fingerprint density at radius 1 is 1.28 bits per heavy atom. The highest BCUT2D eigenvalue weighted by molar-refractivity contribution is 7.98. The van der Waals surface area contributed by atoms with E-state index in [4.69, 9.17) is 0 Å². The number of amides is 1. The second-order valence-electron chi connectivity index (χ2n) is 5.17. The van der Waals surface area contributed by atoms with Gasteiger partial charge in [-0.1, -0.05) is 53.4 Å². The molecular formula is C16H15N5O2S2. The number of benzene rings is 1. The number of aromatic nitrogens is 4. The molecule has 0 fully saturated rings. The molecule has 2 aromatic heterocycles. The van der Waals surface area contributed by atoms with Gasteiger partial charge >= 0.3 is 0 Å². The lowest BCUT2D eigenvalue weighted by Crippen LogP contribution is -2.18. The Labute approximate surface area is 151 Å². The zero-order chi connectivity index (χ0) is 17.6. The van der Waals surface area contributed by atoms with Crippen LogP contribution < -0.4 is 10.9 Å². The number of anilines is 1. The number of rotatable bonds is 6. The van der Waals surface area contributed by atoms with Crippen LogP contribution in [-0.4, -0.2) is 26.1 Å². The Hall–Kier alpha value is -2.52. The first-order chi connectivity index (χ1) is 12.1. The van der Waals surface area contributed by atoms with Crippen molar-refractivity contribution in [3.05, 3.63) is 63.0 Å². The summed E-state index contributed by atoms with van der Waals surface area (Å²) in [5.41, 5.74) is 1.27. The fraction of sp³-hybridized carbons (Fsp3) is 0.188. The Bertz CT molecular complexity index is 924. The Kier molecular flexibility index (Phi) is 5.56. The molecule has 3 aromatic rings. The lowest BCUT2D eigenvalue weighted by molar-refractivity contribution is -0.115. The third-order valence-electron chi connectivity index (χ3n) is 3.11. The fourth-order valence-corrected chi connectivity index (χ4v) is 3.50. The summed E-state index contributed by atoms with van der Waals surface area (Å²) in [7, 11) is 0. The van der Waals surface area contributed by atoms with E-state index < -0.39 is 0 Å². The van der Waals surface area contributed by atoms with Crippen LogP contribution in [-0.2, 0) is 17.0 Å². The monoisotopic (exact) mass is 373 g/mol. The standard InChI is InChI=1S/C16H15N5O2S2/c1-10-20-21-16(25-10)19-14(23)8-12-7-13(22)18-15(17-12)24-9-11-5-3-2-4-6-11/h2-7H,8-9H2,1H3,(H,17,18,22)(H,19,21,23). The maximum Gasteiger partial charge on any atom is 0.251 e. The number of hydrogen-bond acceptors (Lipinski definition) is 7. The highest BCUT2D eigenvalue weighted by Gasteiger charge is 2.10. The lowest BCUT2D eigenvalue weighted by Gasteiger charge is -2.04. The molecule has 0 atom stereocenters. The zero-order valence-electron chi connectivity index (χ0n) is 13.4. The minimum atomic E-state index is -0.284. The van der Waals surface area contributed by atoms with Crippen molar-refractivity contribution in [3.63, 3.8) is 0 Å². The largest absolute Gasteiger partial charge is 0.301 e. The molecule has 128 valence electrons. The normalized spacial score (nSPS) is 10.6. The number of carbonyl (C=O) groups is 1. The number of hydrogen-bond donors (Lipinski definition) is 2. The first-order valence-corrected chi connectivity index (χ1v) is 9.25. The van der Waals surface area contributed by atoms with Crippen LogP contribution in [0.4, 0.5) is 5.13 Å². The molecule has 9 heteroatoms. The molecule has 1 amide bonds. The molecule has 0 saturated heterocycles. The summed E-state index contributed by atoms with van der Waals surface area (Å²) >= 11 is 2.71. The second-order valence-corrected chi connectivity index (χ2v) is 7.31. The molecule has 0 saturated carbocycles. The van der Waals surface area contributed by atoms with Gasteiger partial charge in [-0.2, -0.15) is 0 Å². The first kappa shape index (κ1) is 17.3. The van der Waals surface area contributed by atoms with E-state index >= 15 is 0 Å². The summed E-state index contributed by atoms with van der Waals surface area (Å²) in [6.07, 6.45) is 0.00143. The van der Waals surface area contributed by atoms with Crippen LogP contribution in [0.1, 0.15) is 16.3 Å². The van der Waals surface area contributed by atoms with Crippen LogP contribution in [0.2, 0.25) is 0 Å². The van der Waals surface area contributed by atoms with E-state index in [0.29, 0.717) is 21.7 Å². The fourth-order valence-electron chi connectivity index (χ4n) is 2.04. The highest BCUT2D eigenvalue weighted by atomic mass is 32.2. The van der Waals surface area contributed by atoms with Crippen LogP contribution in [0.25, 0.3) is 0 Å². The van der Waals surface area contributed by atoms with Gasteiger partial charge in [0.25, 0.3) is 5.56 Å². The van der Waals surface area contributed by atoms with Gasteiger partial charge in [0.1, 0.15) is 5.01 Å². The number of nitrogens with zero attached hydrogens (tertiary/aromatic N) is 3. The summed E-state index contributed by atoms with van der Waals surface area (Å²) in [5.74, 6) is 0.400.